The van der Waals surface area contributed by atoms with Gasteiger partial charge < -0.3 is 10.2 Å². The Kier molecular flexibility index (Phi) is 2.86. The minimum atomic E-state index is -0.122. The predicted molar refractivity (Wildman–Crippen MR) is 47.7 cm³/mol. The van der Waals surface area contributed by atoms with E-state index in [1.54, 1.807) is 0 Å². The quantitative estimate of drug-likeness (QED) is 0.721. The Morgan fingerprint density at radius 1 is 1.67 bits per heavy atom. The Bertz CT molecular complexity index is 238. The number of rotatable bonds is 2. The van der Waals surface area contributed by atoms with Crippen LogP contribution in [0.5, 0.6) is 0 Å². The summed E-state index contributed by atoms with van der Waals surface area (Å²) in [7, 11) is 0. The van der Waals surface area contributed by atoms with Gasteiger partial charge in [-0.25, -0.2) is 0 Å². The van der Waals surface area contributed by atoms with Crippen LogP contribution in [0.4, 0.5) is 0 Å². The standard InChI is InChI=1S/C7H9BrN2O2/c1-5(8)3-10-4-6(11)9-2-7(10)12/h1-4H2,(H,9,11). The number of carbonyl (C=O) groups is 2. The molecule has 1 aliphatic heterocycles. The summed E-state index contributed by atoms with van der Waals surface area (Å²) in [6, 6.07) is 0. The molecule has 0 atom stereocenters. The molecule has 0 spiro atoms. The van der Waals surface area contributed by atoms with E-state index < -0.39 is 0 Å². The monoisotopic (exact) mass is 232 g/mol. The molecular formula is C7H9BrN2O2. The van der Waals surface area contributed by atoms with E-state index in [-0.39, 0.29) is 24.9 Å². The average molecular weight is 233 g/mol. The van der Waals surface area contributed by atoms with Crippen molar-refractivity contribution < 1.29 is 9.59 Å². The van der Waals surface area contributed by atoms with E-state index in [9.17, 15) is 9.59 Å². The topological polar surface area (TPSA) is 49.4 Å². The maximum atomic E-state index is 11.1. The van der Waals surface area contributed by atoms with Crippen molar-refractivity contribution >= 4 is 27.7 Å². The molecule has 0 aromatic carbocycles. The van der Waals surface area contributed by atoms with Gasteiger partial charge in [0.1, 0.15) is 0 Å². The van der Waals surface area contributed by atoms with Crippen LogP contribution < -0.4 is 5.32 Å². The zero-order chi connectivity index (χ0) is 9.14. The number of hydrogen-bond acceptors (Lipinski definition) is 2. The highest BCUT2D eigenvalue weighted by Gasteiger charge is 2.22. The molecule has 0 radical (unpaired) electrons. The molecule has 0 unspecified atom stereocenters. The summed E-state index contributed by atoms with van der Waals surface area (Å²) in [4.78, 5) is 23.4. The zero-order valence-corrected chi connectivity index (χ0v) is 8.06. The Morgan fingerprint density at radius 3 is 2.92 bits per heavy atom. The van der Waals surface area contributed by atoms with Crippen LogP contribution in [0, 0.1) is 0 Å². The SMILES string of the molecule is C=C(Br)CN1CC(=O)NCC1=O. The third kappa shape index (κ3) is 2.34. The lowest BCUT2D eigenvalue weighted by Crippen LogP contribution is -2.51. The summed E-state index contributed by atoms with van der Waals surface area (Å²) >= 11 is 3.14. The van der Waals surface area contributed by atoms with Crippen LogP contribution in [0.25, 0.3) is 0 Å². The van der Waals surface area contributed by atoms with Crippen LogP contribution in [-0.2, 0) is 9.59 Å². The van der Waals surface area contributed by atoms with Crippen LogP contribution in [0.1, 0.15) is 0 Å². The molecule has 1 heterocycles. The lowest BCUT2D eigenvalue weighted by molar-refractivity contribution is -0.139. The molecule has 1 fully saturated rings. The molecule has 0 aromatic heterocycles. The van der Waals surface area contributed by atoms with Crippen LogP contribution in [0.3, 0.4) is 0 Å². The number of halogens is 1. The maximum Gasteiger partial charge on any atom is 0.242 e. The molecular weight excluding hydrogens is 224 g/mol. The summed E-state index contributed by atoms with van der Waals surface area (Å²) in [6.07, 6.45) is 0. The molecule has 1 saturated heterocycles. The second-order valence-corrected chi connectivity index (χ2v) is 3.67. The molecule has 0 saturated carbocycles. The number of piperazine rings is 1. The lowest BCUT2D eigenvalue weighted by Gasteiger charge is -2.26. The second-order valence-electron chi connectivity index (χ2n) is 2.54. The lowest BCUT2D eigenvalue weighted by atomic mass is 10.3. The van der Waals surface area contributed by atoms with Gasteiger partial charge in [0.15, 0.2) is 0 Å². The first-order chi connectivity index (χ1) is 5.59. The third-order valence-electron chi connectivity index (χ3n) is 1.49. The first kappa shape index (κ1) is 9.25. The van der Waals surface area contributed by atoms with E-state index in [0.29, 0.717) is 11.0 Å². The van der Waals surface area contributed by atoms with Crippen LogP contribution in [0.2, 0.25) is 0 Å². The molecule has 0 aliphatic carbocycles. The fraction of sp³-hybridized carbons (Fsp3) is 0.429. The van der Waals surface area contributed by atoms with Crippen molar-refractivity contribution in [1.29, 1.82) is 0 Å². The molecule has 1 N–H and O–H groups in total. The van der Waals surface area contributed by atoms with Gasteiger partial charge in [-0.3, -0.25) is 9.59 Å². The van der Waals surface area contributed by atoms with Crippen molar-refractivity contribution in [2.45, 2.75) is 0 Å². The minimum Gasteiger partial charge on any atom is -0.345 e. The van der Waals surface area contributed by atoms with E-state index >= 15 is 0 Å². The van der Waals surface area contributed by atoms with Crippen molar-refractivity contribution in [2.24, 2.45) is 0 Å². The number of hydrogen-bond donors (Lipinski definition) is 1. The summed E-state index contributed by atoms with van der Waals surface area (Å²) in [5.74, 6) is -0.196. The fourth-order valence-corrected chi connectivity index (χ4v) is 1.26. The molecule has 0 aromatic rings. The summed E-state index contributed by atoms with van der Waals surface area (Å²) in [6.45, 7) is 4.22. The molecule has 0 bridgehead atoms. The molecule has 2 amide bonds. The Balaban J connectivity index is 2.55. The van der Waals surface area contributed by atoms with Gasteiger partial charge >= 0.3 is 0 Å². The Labute approximate surface area is 78.7 Å². The van der Waals surface area contributed by atoms with E-state index in [1.165, 1.54) is 4.90 Å². The average Bonchev–Trinajstić information content (AvgIpc) is 1.96. The van der Waals surface area contributed by atoms with Crippen LogP contribution in [0.15, 0.2) is 11.1 Å². The largest absolute Gasteiger partial charge is 0.345 e. The Hall–Kier alpha value is -0.840. The van der Waals surface area contributed by atoms with Crippen molar-refractivity contribution in [2.75, 3.05) is 19.6 Å². The summed E-state index contributed by atoms with van der Waals surface area (Å²) in [5.41, 5.74) is 0. The van der Waals surface area contributed by atoms with E-state index in [1.807, 2.05) is 0 Å². The molecule has 1 aliphatic rings. The van der Waals surface area contributed by atoms with Crippen molar-refractivity contribution in [3.8, 4) is 0 Å². The van der Waals surface area contributed by atoms with Crippen LogP contribution >= 0.6 is 15.9 Å². The highest BCUT2D eigenvalue weighted by molar-refractivity contribution is 9.11. The summed E-state index contributed by atoms with van der Waals surface area (Å²) < 4.78 is 0.700. The van der Waals surface area contributed by atoms with Gasteiger partial charge in [0, 0.05) is 4.48 Å². The Morgan fingerprint density at radius 2 is 2.33 bits per heavy atom. The van der Waals surface area contributed by atoms with Gasteiger partial charge in [0.05, 0.1) is 19.6 Å². The minimum absolute atomic E-state index is 0.0739. The normalized spacial score (nSPS) is 17.6. The van der Waals surface area contributed by atoms with Crippen molar-refractivity contribution in [3.05, 3.63) is 11.1 Å². The third-order valence-corrected chi connectivity index (χ3v) is 1.74. The van der Waals surface area contributed by atoms with Gasteiger partial charge in [0.2, 0.25) is 11.8 Å². The first-order valence-corrected chi connectivity index (χ1v) is 4.26. The summed E-state index contributed by atoms with van der Waals surface area (Å²) in [5, 5.41) is 2.46. The van der Waals surface area contributed by atoms with Crippen molar-refractivity contribution in [1.82, 2.24) is 10.2 Å². The molecule has 4 nitrogen and oxygen atoms in total. The smallest absolute Gasteiger partial charge is 0.242 e. The van der Waals surface area contributed by atoms with E-state index in [4.69, 9.17) is 0 Å². The van der Waals surface area contributed by atoms with Gasteiger partial charge in [0.25, 0.3) is 0 Å². The number of nitrogens with zero attached hydrogens (tertiary/aromatic N) is 1. The van der Waals surface area contributed by atoms with Gasteiger partial charge in [-0.1, -0.05) is 22.5 Å². The molecule has 12 heavy (non-hydrogen) atoms. The first-order valence-electron chi connectivity index (χ1n) is 3.47. The van der Waals surface area contributed by atoms with Gasteiger partial charge in [-0.15, -0.1) is 0 Å². The van der Waals surface area contributed by atoms with Gasteiger partial charge in [-0.2, -0.15) is 0 Å². The zero-order valence-electron chi connectivity index (χ0n) is 6.47. The van der Waals surface area contributed by atoms with Gasteiger partial charge in [-0.05, 0) is 0 Å². The molecule has 1 rings (SSSR count). The fourth-order valence-electron chi connectivity index (χ4n) is 0.955. The highest BCUT2D eigenvalue weighted by Crippen LogP contribution is 2.05. The number of amides is 2. The number of carbonyl (C=O) groups excluding carboxylic acids is 2. The second kappa shape index (κ2) is 3.71. The van der Waals surface area contributed by atoms with Crippen molar-refractivity contribution in [3.63, 3.8) is 0 Å². The van der Waals surface area contributed by atoms with E-state index in [2.05, 4.69) is 27.8 Å². The molecule has 66 valence electrons. The maximum absolute atomic E-state index is 11.1. The number of nitrogens with one attached hydrogen (secondary N) is 1. The molecule has 5 heteroatoms. The van der Waals surface area contributed by atoms with Crippen LogP contribution in [-0.4, -0.2) is 36.3 Å². The van der Waals surface area contributed by atoms with E-state index in [0.717, 1.165) is 0 Å². The highest BCUT2D eigenvalue weighted by atomic mass is 79.9. The predicted octanol–water partition coefficient (Wildman–Crippen LogP) is -0.147.